The molecule has 1 heterocycles. The van der Waals surface area contributed by atoms with Gasteiger partial charge in [0.25, 0.3) is 0 Å². The van der Waals surface area contributed by atoms with Crippen LogP contribution in [0, 0.1) is 0 Å². The molecule has 0 aliphatic rings. The zero-order valence-electron chi connectivity index (χ0n) is 7.28. The molecule has 14 heavy (non-hydrogen) atoms. The second-order valence-corrected chi connectivity index (χ2v) is 3.55. The van der Waals surface area contributed by atoms with Crippen LogP contribution >= 0.6 is 23.2 Å². The normalized spacial score (nSPS) is 10.5. The van der Waals surface area contributed by atoms with Gasteiger partial charge in [-0.05, 0) is 23.4 Å². The SMILES string of the molecule is Cn1nnc(-c2ccc(Cl)c(Cl)c2)n1. The van der Waals surface area contributed by atoms with Gasteiger partial charge >= 0.3 is 0 Å². The molecule has 2 rings (SSSR count). The van der Waals surface area contributed by atoms with Crippen molar-refractivity contribution in [2.24, 2.45) is 7.05 Å². The largest absolute Gasteiger partial charge is 0.204 e. The number of tetrazole rings is 1. The van der Waals surface area contributed by atoms with Crippen molar-refractivity contribution in [2.75, 3.05) is 0 Å². The number of hydrogen-bond donors (Lipinski definition) is 0. The van der Waals surface area contributed by atoms with Gasteiger partial charge in [-0.2, -0.15) is 4.80 Å². The summed E-state index contributed by atoms with van der Waals surface area (Å²) in [5.74, 6) is 0.533. The predicted octanol–water partition coefficient (Wildman–Crippen LogP) is 2.18. The smallest absolute Gasteiger partial charge is 0.167 e. The molecular weight excluding hydrogens is 223 g/mol. The van der Waals surface area contributed by atoms with Crippen LogP contribution in [0.25, 0.3) is 11.4 Å². The molecule has 0 N–H and O–H groups in total. The molecule has 0 radical (unpaired) electrons. The highest BCUT2D eigenvalue weighted by Gasteiger charge is 2.06. The van der Waals surface area contributed by atoms with Crippen molar-refractivity contribution in [2.45, 2.75) is 0 Å². The molecule has 2 aromatic rings. The molecule has 4 nitrogen and oxygen atoms in total. The van der Waals surface area contributed by atoms with E-state index >= 15 is 0 Å². The molecular formula is C8H6Cl2N4. The Morgan fingerprint density at radius 2 is 2.00 bits per heavy atom. The monoisotopic (exact) mass is 228 g/mol. The number of hydrogen-bond acceptors (Lipinski definition) is 3. The number of aromatic nitrogens is 4. The Bertz CT molecular complexity index is 466. The molecule has 0 saturated carbocycles. The quantitative estimate of drug-likeness (QED) is 0.752. The lowest BCUT2D eigenvalue weighted by atomic mass is 10.2. The average molecular weight is 229 g/mol. The Morgan fingerprint density at radius 1 is 1.21 bits per heavy atom. The Labute approximate surface area is 90.4 Å². The highest BCUT2D eigenvalue weighted by molar-refractivity contribution is 6.42. The van der Waals surface area contributed by atoms with E-state index in [1.165, 1.54) is 4.80 Å². The van der Waals surface area contributed by atoms with Crippen LogP contribution in [-0.4, -0.2) is 20.2 Å². The molecule has 6 heteroatoms. The minimum atomic E-state index is 0.483. The molecule has 72 valence electrons. The van der Waals surface area contributed by atoms with Crippen molar-refractivity contribution in [3.05, 3.63) is 28.2 Å². The summed E-state index contributed by atoms with van der Waals surface area (Å²) in [6.07, 6.45) is 0. The maximum absolute atomic E-state index is 5.86. The van der Waals surface area contributed by atoms with Gasteiger partial charge in [0.2, 0.25) is 5.82 Å². The first kappa shape index (κ1) is 9.43. The topological polar surface area (TPSA) is 43.6 Å². The summed E-state index contributed by atoms with van der Waals surface area (Å²) in [5.41, 5.74) is 0.799. The summed E-state index contributed by atoms with van der Waals surface area (Å²) >= 11 is 11.6. The van der Waals surface area contributed by atoms with Crippen LogP contribution in [0.15, 0.2) is 18.2 Å². The van der Waals surface area contributed by atoms with Crippen molar-refractivity contribution >= 4 is 23.2 Å². The average Bonchev–Trinajstić information content (AvgIpc) is 2.57. The lowest BCUT2D eigenvalue weighted by Gasteiger charge is -1.97. The van der Waals surface area contributed by atoms with E-state index in [2.05, 4.69) is 15.4 Å². The first-order valence-corrected chi connectivity index (χ1v) is 4.62. The van der Waals surface area contributed by atoms with Gasteiger partial charge in [0, 0.05) is 5.56 Å². The Kier molecular flexibility index (Phi) is 2.39. The zero-order valence-corrected chi connectivity index (χ0v) is 8.79. The van der Waals surface area contributed by atoms with Crippen molar-refractivity contribution in [3.8, 4) is 11.4 Å². The van der Waals surface area contributed by atoms with Gasteiger partial charge in [0.1, 0.15) is 0 Å². The molecule has 0 aliphatic carbocycles. The third-order valence-corrected chi connectivity index (χ3v) is 2.43. The molecule has 0 aliphatic heterocycles. The number of halogens is 2. The van der Waals surface area contributed by atoms with E-state index in [0.717, 1.165) is 5.56 Å². The minimum Gasteiger partial charge on any atom is -0.167 e. The lowest BCUT2D eigenvalue weighted by molar-refractivity contribution is 0.630. The van der Waals surface area contributed by atoms with Gasteiger partial charge in [-0.15, -0.1) is 10.2 Å². The van der Waals surface area contributed by atoms with Crippen LogP contribution in [0.3, 0.4) is 0 Å². The van der Waals surface area contributed by atoms with Gasteiger partial charge in [-0.1, -0.05) is 23.2 Å². The second kappa shape index (κ2) is 3.55. The van der Waals surface area contributed by atoms with Gasteiger partial charge in [0.15, 0.2) is 0 Å². The van der Waals surface area contributed by atoms with Crippen molar-refractivity contribution in [3.63, 3.8) is 0 Å². The van der Waals surface area contributed by atoms with Gasteiger partial charge in [-0.3, -0.25) is 0 Å². The highest BCUT2D eigenvalue weighted by Crippen LogP contribution is 2.26. The van der Waals surface area contributed by atoms with E-state index in [1.54, 1.807) is 25.2 Å². The van der Waals surface area contributed by atoms with E-state index in [4.69, 9.17) is 23.2 Å². The number of benzene rings is 1. The lowest BCUT2D eigenvalue weighted by Crippen LogP contribution is -1.91. The van der Waals surface area contributed by atoms with E-state index in [-0.39, 0.29) is 0 Å². The number of aryl methyl sites for hydroxylation is 1. The van der Waals surface area contributed by atoms with Gasteiger partial charge < -0.3 is 0 Å². The maximum atomic E-state index is 5.86. The first-order chi connectivity index (χ1) is 6.66. The number of nitrogens with zero attached hydrogens (tertiary/aromatic N) is 4. The fraction of sp³-hybridized carbons (Fsp3) is 0.125. The standard InChI is InChI=1S/C8H6Cl2N4/c1-14-12-8(11-13-14)5-2-3-6(9)7(10)4-5/h2-4H,1H3. The van der Waals surface area contributed by atoms with Crippen LogP contribution < -0.4 is 0 Å². The van der Waals surface area contributed by atoms with E-state index < -0.39 is 0 Å². The van der Waals surface area contributed by atoms with Crippen LogP contribution in [-0.2, 0) is 7.05 Å². The minimum absolute atomic E-state index is 0.483. The molecule has 0 spiro atoms. The summed E-state index contributed by atoms with van der Waals surface area (Å²) in [6, 6.07) is 5.21. The summed E-state index contributed by atoms with van der Waals surface area (Å²) in [6.45, 7) is 0. The molecule has 0 fully saturated rings. The van der Waals surface area contributed by atoms with Crippen LogP contribution in [0.2, 0.25) is 10.0 Å². The molecule has 0 amide bonds. The van der Waals surface area contributed by atoms with Crippen molar-refractivity contribution in [1.82, 2.24) is 20.2 Å². The van der Waals surface area contributed by atoms with E-state index in [1.807, 2.05) is 0 Å². The summed E-state index contributed by atoms with van der Waals surface area (Å²) in [7, 11) is 1.70. The third-order valence-electron chi connectivity index (χ3n) is 1.69. The molecule has 0 bridgehead atoms. The predicted molar refractivity (Wildman–Crippen MR) is 54.3 cm³/mol. The van der Waals surface area contributed by atoms with Crippen LogP contribution in [0.5, 0.6) is 0 Å². The summed E-state index contributed by atoms with van der Waals surface area (Å²) in [4.78, 5) is 1.39. The fourth-order valence-electron chi connectivity index (χ4n) is 1.03. The maximum Gasteiger partial charge on any atom is 0.204 e. The van der Waals surface area contributed by atoms with Crippen molar-refractivity contribution < 1.29 is 0 Å². The van der Waals surface area contributed by atoms with Gasteiger partial charge in [0.05, 0.1) is 17.1 Å². The zero-order chi connectivity index (χ0) is 10.1. The van der Waals surface area contributed by atoms with Crippen LogP contribution in [0.1, 0.15) is 0 Å². The molecule has 0 saturated heterocycles. The second-order valence-electron chi connectivity index (χ2n) is 2.73. The Morgan fingerprint density at radius 3 is 2.57 bits per heavy atom. The van der Waals surface area contributed by atoms with Crippen LogP contribution in [0.4, 0.5) is 0 Å². The Hall–Kier alpha value is -1.13. The first-order valence-electron chi connectivity index (χ1n) is 3.86. The number of rotatable bonds is 1. The van der Waals surface area contributed by atoms with E-state index in [0.29, 0.717) is 15.9 Å². The third kappa shape index (κ3) is 1.71. The summed E-state index contributed by atoms with van der Waals surface area (Å²) in [5, 5.41) is 12.6. The molecule has 0 unspecified atom stereocenters. The van der Waals surface area contributed by atoms with Gasteiger partial charge in [-0.25, -0.2) is 0 Å². The fourth-order valence-corrected chi connectivity index (χ4v) is 1.33. The highest BCUT2D eigenvalue weighted by atomic mass is 35.5. The molecule has 1 aromatic heterocycles. The van der Waals surface area contributed by atoms with E-state index in [9.17, 15) is 0 Å². The molecule has 0 atom stereocenters. The Balaban J connectivity index is 2.47. The van der Waals surface area contributed by atoms with Crippen molar-refractivity contribution in [1.29, 1.82) is 0 Å². The molecule has 1 aromatic carbocycles. The summed E-state index contributed by atoms with van der Waals surface area (Å²) < 4.78 is 0.